The van der Waals surface area contributed by atoms with Crippen LogP contribution in [-0.2, 0) is 20.9 Å². The molecule has 0 aliphatic heterocycles. The number of ketones is 1. The van der Waals surface area contributed by atoms with Gasteiger partial charge in [0.05, 0.1) is 0 Å². The first-order chi connectivity index (χ1) is 9.42. The number of esters is 1. The van der Waals surface area contributed by atoms with E-state index in [2.05, 4.69) is 0 Å². The summed E-state index contributed by atoms with van der Waals surface area (Å²) in [6.07, 6.45) is 3.29. The molecule has 1 aromatic rings. The first-order valence-electron chi connectivity index (χ1n) is 6.50. The average molecular weight is 276 g/mol. The third kappa shape index (κ3) is 3.54. The second-order valence-electron chi connectivity index (χ2n) is 4.70. The van der Waals surface area contributed by atoms with Gasteiger partial charge in [-0.1, -0.05) is 49.4 Å². The van der Waals surface area contributed by atoms with Gasteiger partial charge in [0.2, 0.25) is 5.60 Å². The highest BCUT2D eigenvalue weighted by atomic mass is 16.6. The van der Waals surface area contributed by atoms with Crippen LogP contribution in [-0.4, -0.2) is 22.5 Å². The topological polar surface area (TPSA) is 63.6 Å². The number of Topliss-reactive ketones (excluding diaryl/α,β-unsaturated/α-hetero) is 1. The summed E-state index contributed by atoms with van der Waals surface area (Å²) in [5.41, 5.74) is -1.34. The number of carbonyl (C=O) groups is 2. The fraction of sp³-hybridized carbons (Fsp3) is 0.375. The first kappa shape index (κ1) is 16.1. The maximum absolute atomic E-state index is 12.1. The minimum absolute atomic E-state index is 0.0256. The van der Waals surface area contributed by atoms with Gasteiger partial charge in [-0.25, -0.2) is 4.79 Å². The van der Waals surface area contributed by atoms with Gasteiger partial charge < -0.3 is 9.84 Å². The van der Waals surface area contributed by atoms with Crippen LogP contribution >= 0.6 is 0 Å². The molecule has 1 N–H and O–H groups in total. The van der Waals surface area contributed by atoms with Crippen molar-refractivity contribution in [2.75, 3.05) is 0 Å². The van der Waals surface area contributed by atoms with Crippen LogP contribution in [0.5, 0.6) is 0 Å². The molecule has 20 heavy (non-hydrogen) atoms. The van der Waals surface area contributed by atoms with Crippen molar-refractivity contribution in [1.29, 1.82) is 0 Å². The van der Waals surface area contributed by atoms with Crippen LogP contribution in [0, 0.1) is 5.92 Å². The molecule has 0 aromatic heterocycles. The second-order valence-corrected chi connectivity index (χ2v) is 4.70. The van der Waals surface area contributed by atoms with Gasteiger partial charge in [0.1, 0.15) is 6.61 Å². The van der Waals surface area contributed by atoms with E-state index in [1.165, 1.54) is 6.92 Å². The molecule has 0 radical (unpaired) electrons. The van der Waals surface area contributed by atoms with Gasteiger partial charge in [0.25, 0.3) is 0 Å². The Hall–Kier alpha value is -1.94. The molecule has 1 rings (SSSR count). The van der Waals surface area contributed by atoms with Crippen LogP contribution in [0.25, 0.3) is 0 Å². The van der Waals surface area contributed by atoms with Crippen LogP contribution in [0.1, 0.15) is 26.3 Å². The van der Waals surface area contributed by atoms with E-state index in [1.807, 2.05) is 18.2 Å². The van der Waals surface area contributed by atoms with Crippen LogP contribution < -0.4 is 0 Å². The maximum Gasteiger partial charge on any atom is 0.346 e. The Balaban J connectivity index is 2.82. The lowest BCUT2D eigenvalue weighted by Gasteiger charge is -2.27. The second kappa shape index (κ2) is 7.01. The van der Waals surface area contributed by atoms with Crippen molar-refractivity contribution in [3.05, 3.63) is 48.0 Å². The van der Waals surface area contributed by atoms with Gasteiger partial charge in [-0.05, 0) is 19.4 Å². The lowest BCUT2D eigenvalue weighted by molar-refractivity contribution is -0.174. The van der Waals surface area contributed by atoms with Gasteiger partial charge in [-0.3, -0.25) is 4.79 Å². The summed E-state index contributed by atoms with van der Waals surface area (Å²) in [4.78, 5) is 23.7. The molecule has 0 spiro atoms. The zero-order valence-electron chi connectivity index (χ0n) is 12.0. The van der Waals surface area contributed by atoms with Crippen molar-refractivity contribution < 1.29 is 19.4 Å². The number of hydrogen-bond donors (Lipinski definition) is 1. The fourth-order valence-electron chi connectivity index (χ4n) is 1.91. The molecule has 0 aliphatic carbocycles. The molecule has 0 bridgehead atoms. The third-order valence-corrected chi connectivity index (χ3v) is 3.20. The van der Waals surface area contributed by atoms with E-state index >= 15 is 0 Å². The summed E-state index contributed by atoms with van der Waals surface area (Å²) in [7, 11) is 0. The predicted molar refractivity (Wildman–Crippen MR) is 75.8 cm³/mol. The number of hydrogen-bond acceptors (Lipinski definition) is 4. The van der Waals surface area contributed by atoms with E-state index in [4.69, 9.17) is 4.74 Å². The molecule has 0 heterocycles. The predicted octanol–water partition coefficient (Wildman–Crippen LogP) is 2.26. The molecular weight excluding hydrogens is 256 g/mol. The average Bonchev–Trinajstić information content (AvgIpc) is 2.44. The van der Waals surface area contributed by atoms with Crippen LogP contribution in [0.4, 0.5) is 0 Å². The zero-order chi connectivity index (χ0) is 15.2. The summed E-state index contributed by atoms with van der Waals surface area (Å²) in [5.74, 6) is -2.19. The summed E-state index contributed by atoms with van der Waals surface area (Å²) >= 11 is 0. The Morgan fingerprint density at radius 3 is 2.45 bits per heavy atom. The van der Waals surface area contributed by atoms with E-state index < -0.39 is 23.3 Å². The molecule has 2 atom stereocenters. The Morgan fingerprint density at radius 1 is 1.35 bits per heavy atom. The standard InChI is InChI=1S/C16H20O4/c1-4-8-12(2)16(19,13(3)17)15(18)20-11-14-9-6-5-7-10-14/h4-10,12,19H,11H2,1-3H3/b8-4+/t12-,16+/m1/s1. The number of benzene rings is 1. The van der Waals surface area contributed by atoms with Crippen molar-refractivity contribution in [3.63, 3.8) is 0 Å². The number of allylic oxidation sites excluding steroid dienone is 1. The van der Waals surface area contributed by atoms with Crippen molar-refractivity contribution in [2.45, 2.75) is 33.0 Å². The fourth-order valence-corrected chi connectivity index (χ4v) is 1.91. The zero-order valence-corrected chi connectivity index (χ0v) is 12.0. The molecule has 0 saturated carbocycles. The van der Waals surface area contributed by atoms with Gasteiger partial charge in [0.15, 0.2) is 5.78 Å². The molecule has 0 aliphatic rings. The Morgan fingerprint density at radius 2 is 1.95 bits per heavy atom. The van der Waals surface area contributed by atoms with Crippen molar-refractivity contribution in [1.82, 2.24) is 0 Å². The van der Waals surface area contributed by atoms with Crippen LogP contribution in [0.3, 0.4) is 0 Å². The van der Waals surface area contributed by atoms with E-state index in [0.717, 1.165) is 5.56 Å². The molecule has 4 nitrogen and oxygen atoms in total. The largest absolute Gasteiger partial charge is 0.458 e. The molecule has 0 fully saturated rings. The Bertz CT molecular complexity index is 492. The van der Waals surface area contributed by atoms with E-state index in [-0.39, 0.29) is 6.61 Å². The summed E-state index contributed by atoms with van der Waals surface area (Å²) in [6, 6.07) is 9.10. The number of aliphatic hydroxyl groups is 1. The first-order valence-corrected chi connectivity index (χ1v) is 6.50. The normalized spacial score (nSPS) is 15.6. The molecular formula is C16H20O4. The number of rotatable bonds is 6. The van der Waals surface area contributed by atoms with Gasteiger partial charge in [-0.15, -0.1) is 0 Å². The molecule has 108 valence electrons. The lowest BCUT2D eigenvalue weighted by Crippen LogP contribution is -2.51. The molecule has 0 saturated heterocycles. The molecule has 4 heteroatoms. The number of ether oxygens (including phenoxy) is 1. The van der Waals surface area contributed by atoms with Gasteiger partial charge in [0, 0.05) is 5.92 Å². The van der Waals surface area contributed by atoms with Crippen molar-refractivity contribution in [3.8, 4) is 0 Å². The molecule has 0 unspecified atom stereocenters. The minimum atomic E-state index is -2.14. The van der Waals surface area contributed by atoms with E-state index in [1.54, 1.807) is 38.1 Å². The smallest absolute Gasteiger partial charge is 0.346 e. The summed E-state index contributed by atoms with van der Waals surface area (Å²) < 4.78 is 5.08. The molecule has 1 aromatic carbocycles. The highest BCUT2D eigenvalue weighted by Crippen LogP contribution is 2.22. The Kier molecular flexibility index (Phi) is 5.65. The van der Waals surface area contributed by atoms with Crippen molar-refractivity contribution >= 4 is 11.8 Å². The monoisotopic (exact) mass is 276 g/mol. The quantitative estimate of drug-likeness (QED) is 0.492. The highest BCUT2D eigenvalue weighted by molar-refractivity contribution is 6.06. The van der Waals surface area contributed by atoms with Crippen LogP contribution in [0.2, 0.25) is 0 Å². The van der Waals surface area contributed by atoms with Gasteiger partial charge in [-0.2, -0.15) is 0 Å². The maximum atomic E-state index is 12.1. The lowest BCUT2D eigenvalue weighted by atomic mass is 9.85. The van der Waals surface area contributed by atoms with E-state index in [9.17, 15) is 14.7 Å². The van der Waals surface area contributed by atoms with Crippen molar-refractivity contribution in [2.24, 2.45) is 5.92 Å². The number of carbonyl (C=O) groups excluding carboxylic acids is 2. The van der Waals surface area contributed by atoms with Gasteiger partial charge >= 0.3 is 5.97 Å². The highest BCUT2D eigenvalue weighted by Gasteiger charge is 2.46. The minimum Gasteiger partial charge on any atom is -0.458 e. The molecule has 0 amide bonds. The summed E-state index contributed by atoms with van der Waals surface area (Å²) in [5, 5.41) is 10.4. The van der Waals surface area contributed by atoms with Crippen LogP contribution in [0.15, 0.2) is 42.5 Å². The Labute approximate surface area is 119 Å². The summed E-state index contributed by atoms with van der Waals surface area (Å²) in [6.45, 7) is 4.57. The third-order valence-electron chi connectivity index (χ3n) is 3.20. The SMILES string of the molecule is C/C=C/[C@@H](C)[C@](O)(C(C)=O)C(=O)OCc1ccccc1. The van der Waals surface area contributed by atoms with E-state index in [0.29, 0.717) is 0 Å².